The molecule has 0 saturated carbocycles. The monoisotopic (exact) mass is 190 g/mol. The molecule has 4 heteroatoms. The highest BCUT2D eigenvalue weighted by atomic mass is 32.2. The summed E-state index contributed by atoms with van der Waals surface area (Å²) in [5, 5.41) is 0. The first-order chi connectivity index (χ1) is 5.67. The quantitative estimate of drug-likeness (QED) is 0.666. The second-order valence-corrected chi connectivity index (χ2v) is 5.17. The van der Waals surface area contributed by atoms with E-state index in [2.05, 4.69) is 6.42 Å². The lowest BCUT2D eigenvalue weighted by atomic mass is 10.2. The van der Waals surface area contributed by atoms with E-state index in [1.807, 2.05) is 6.92 Å². The fourth-order valence-corrected chi connectivity index (χ4v) is 2.93. The first-order valence-electron chi connectivity index (χ1n) is 4.46. The van der Waals surface area contributed by atoms with Crippen molar-refractivity contribution >= 4 is 10.0 Å². The molecular weight excluding hydrogens is 174 g/mol. The van der Waals surface area contributed by atoms with Gasteiger partial charge in [-0.05, 0) is 25.7 Å². The summed E-state index contributed by atoms with van der Waals surface area (Å²) in [6.07, 6.45) is 4.67. The Morgan fingerprint density at radius 3 is 2.42 bits per heavy atom. The van der Waals surface area contributed by atoms with Gasteiger partial charge in [-0.15, -0.1) is 0 Å². The van der Waals surface area contributed by atoms with Crippen LogP contribution in [0.3, 0.4) is 0 Å². The smallest absolute Gasteiger partial charge is 0.212 e. The first kappa shape index (κ1) is 9.99. The highest BCUT2D eigenvalue weighted by Gasteiger charge is 2.22. The number of rotatable bonds is 3. The summed E-state index contributed by atoms with van der Waals surface area (Å²) in [7, 11) is -2.92. The molecule has 0 atom stereocenters. The van der Waals surface area contributed by atoms with Gasteiger partial charge in [0.25, 0.3) is 0 Å². The number of hydrogen-bond acceptors (Lipinski definition) is 2. The van der Waals surface area contributed by atoms with Gasteiger partial charge in [-0.25, -0.2) is 12.7 Å². The second-order valence-electron chi connectivity index (χ2n) is 3.08. The summed E-state index contributed by atoms with van der Waals surface area (Å²) < 4.78 is 24.6. The SMILES string of the molecule is CCCS(=O)(=O)N1CC[CH]CC1. The zero-order valence-corrected chi connectivity index (χ0v) is 8.31. The van der Waals surface area contributed by atoms with Crippen LogP contribution >= 0.6 is 0 Å². The lowest BCUT2D eigenvalue weighted by Crippen LogP contribution is -2.37. The van der Waals surface area contributed by atoms with Crippen molar-refractivity contribution in [2.75, 3.05) is 18.8 Å². The van der Waals surface area contributed by atoms with E-state index >= 15 is 0 Å². The number of sulfonamides is 1. The van der Waals surface area contributed by atoms with Gasteiger partial charge in [0, 0.05) is 13.1 Å². The van der Waals surface area contributed by atoms with Crippen molar-refractivity contribution in [3.8, 4) is 0 Å². The van der Waals surface area contributed by atoms with Crippen LogP contribution < -0.4 is 0 Å². The van der Waals surface area contributed by atoms with Gasteiger partial charge in [0.05, 0.1) is 5.75 Å². The predicted molar refractivity (Wildman–Crippen MR) is 49.2 cm³/mol. The molecule has 0 aromatic carbocycles. The molecule has 1 heterocycles. The van der Waals surface area contributed by atoms with Crippen LogP contribution in [0.5, 0.6) is 0 Å². The van der Waals surface area contributed by atoms with Crippen LogP contribution in [-0.4, -0.2) is 31.6 Å². The molecule has 1 radical (unpaired) electrons. The molecule has 1 aliphatic heterocycles. The van der Waals surface area contributed by atoms with E-state index in [0.29, 0.717) is 25.3 Å². The average molecular weight is 190 g/mol. The summed E-state index contributed by atoms with van der Waals surface area (Å²) in [5.74, 6) is 0.299. The minimum absolute atomic E-state index is 0.299. The van der Waals surface area contributed by atoms with Crippen molar-refractivity contribution < 1.29 is 8.42 Å². The van der Waals surface area contributed by atoms with E-state index in [9.17, 15) is 8.42 Å². The predicted octanol–water partition coefficient (Wildman–Crippen LogP) is 1.03. The Bertz CT molecular complexity index is 217. The molecule has 0 spiro atoms. The normalized spacial score (nSPS) is 21.1. The maximum absolute atomic E-state index is 11.5. The van der Waals surface area contributed by atoms with E-state index in [-0.39, 0.29) is 0 Å². The average Bonchev–Trinajstić information content (AvgIpc) is 2.06. The van der Waals surface area contributed by atoms with Crippen molar-refractivity contribution in [3.63, 3.8) is 0 Å². The molecule has 1 saturated heterocycles. The van der Waals surface area contributed by atoms with E-state index in [4.69, 9.17) is 0 Å². The summed E-state index contributed by atoms with van der Waals surface area (Å²) in [6, 6.07) is 0. The van der Waals surface area contributed by atoms with Crippen LogP contribution in [0.25, 0.3) is 0 Å². The Hall–Kier alpha value is -0.0900. The second kappa shape index (κ2) is 4.23. The standard InChI is InChI=1S/C8H16NO2S/c1-2-8-12(10,11)9-6-4-3-5-7-9/h3H,2,4-8H2,1H3. The molecule has 71 valence electrons. The largest absolute Gasteiger partial charge is 0.214 e. The molecule has 1 fully saturated rings. The molecule has 3 nitrogen and oxygen atoms in total. The van der Waals surface area contributed by atoms with Crippen molar-refractivity contribution in [2.45, 2.75) is 26.2 Å². The van der Waals surface area contributed by atoms with Crippen LogP contribution in [0.1, 0.15) is 26.2 Å². The van der Waals surface area contributed by atoms with E-state index in [1.165, 1.54) is 0 Å². The Morgan fingerprint density at radius 2 is 1.92 bits per heavy atom. The van der Waals surface area contributed by atoms with E-state index in [1.54, 1.807) is 4.31 Å². The van der Waals surface area contributed by atoms with Crippen LogP contribution in [0.4, 0.5) is 0 Å². The van der Waals surface area contributed by atoms with Gasteiger partial charge in [-0.1, -0.05) is 6.92 Å². The summed E-state index contributed by atoms with van der Waals surface area (Å²) in [5.41, 5.74) is 0. The number of hydrogen-bond donors (Lipinski definition) is 0. The van der Waals surface area contributed by atoms with E-state index < -0.39 is 10.0 Å². The molecule has 0 bridgehead atoms. The van der Waals surface area contributed by atoms with Crippen molar-refractivity contribution in [3.05, 3.63) is 6.42 Å². The molecule has 0 aromatic heterocycles. The third-order valence-corrected chi connectivity index (χ3v) is 4.10. The highest BCUT2D eigenvalue weighted by molar-refractivity contribution is 7.89. The van der Waals surface area contributed by atoms with E-state index in [0.717, 1.165) is 12.8 Å². The van der Waals surface area contributed by atoms with Crippen LogP contribution in [0.15, 0.2) is 0 Å². The minimum Gasteiger partial charge on any atom is -0.212 e. The van der Waals surface area contributed by atoms with Gasteiger partial charge >= 0.3 is 0 Å². The Morgan fingerprint density at radius 1 is 1.33 bits per heavy atom. The van der Waals surface area contributed by atoms with Crippen molar-refractivity contribution in [1.29, 1.82) is 0 Å². The third kappa shape index (κ3) is 2.45. The third-order valence-electron chi connectivity index (χ3n) is 2.02. The molecular formula is C8H16NO2S. The molecule has 0 aromatic rings. The first-order valence-corrected chi connectivity index (χ1v) is 6.07. The van der Waals surface area contributed by atoms with Crippen molar-refractivity contribution in [1.82, 2.24) is 4.31 Å². The molecule has 0 N–H and O–H groups in total. The van der Waals surface area contributed by atoms with Crippen molar-refractivity contribution in [2.24, 2.45) is 0 Å². The van der Waals surface area contributed by atoms with Crippen LogP contribution in [0, 0.1) is 6.42 Å². The van der Waals surface area contributed by atoms with Gasteiger partial charge in [0.15, 0.2) is 0 Å². The molecule has 12 heavy (non-hydrogen) atoms. The summed E-state index contributed by atoms with van der Waals surface area (Å²) >= 11 is 0. The van der Waals surface area contributed by atoms with Gasteiger partial charge in [0.2, 0.25) is 10.0 Å². The highest BCUT2D eigenvalue weighted by Crippen LogP contribution is 2.12. The van der Waals surface area contributed by atoms with Crippen LogP contribution in [-0.2, 0) is 10.0 Å². The van der Waals surface area contributed by atoms with Gasteiger partial charge in [-0.2, -0.15) is 0 Å². The number of nitrogens with zero attached hydrogens (tertiary/aromatic N) is 1. The zero-order valence-electron chi connectivity index (χ0n) is 7.49. The summed E-state index contributed by atoms with van der Waals surface area (Å²) in [6.45, 7) is 3.26. The number of piperidine rings is 1. The lowest BCUT2D eigenvalue weighted by molar-refractivity contribution is 0.384. The van der Waals surface area contributed by atoms with Gasteiger partial charge in [0.1, 0.15) is 0 Å². The fourth-order valence-electron chi connectivity index (χ4n) is 1.39. The fraction of sp³-hybridized carbons (Fsp3) is 0.875. The molecule has 1 aliphatic rings. The molecule has 0 amide bonds. The minimum atomic E-state index is -2.92. The molecule has 1 rings (SSSR count). The van der Waals surface area contributed by atoms with Gasteiger partial charge in [-0.3, -0.25) is 0 Å². The lowest BCUT2D eigenvalue weighted by Gasteiger charge is -2.25. The maximum atomic E-state index is 11.5. The topological polar surface area (TPSA) is 37.4 Å². The zero-order chi connectivity index (χ0) is 9.03. The molecule has 0 aliphatic carbocycles. The Kier molecular flexibility index (Phi) is 3.53. The van der Waals surface area contributed by atoms with Crippen LogP contribution in [0.2, 0.25) is 0 Å². The maximum Gasteiger partial charge on any atom is 0.214 e. The molecule has 0 unspecified atom stereocenters. The Labute approximate surface area is 74.8 Å². The van der Waals surface area contributed by atoms with Gasteiger partial charge < -0.3 is 0 Å². The Balaban J connectivity index is 2.54. The summed E-state index contributed by atoms with van der Waals surface area (Å²) in [4.78, 5) is 0.